The minimum absolute atomic E-state index is 0.139. The lowest BCUT2D eigenvalue weighted by atomic mass is 10.2. The molecule has 0 aliphatic heterocycles. The van der Waals surface area contributed by atoms with Crippen molar-refractivity contribution in [2.24, 2.45) is 5.92 Å². The molecular formula is C13H16FNO3S. The second kappa shape index (κ2) is 7.78. The summed E-state index contributed by atoms with van der Waals surface area (Å²) >= 11 is 1.25. The average Bonchev–Trinajstić information content (AvgIpc) is 2.37. The van der Waals surface area contributed by atoms with E-state index in [2.05, 4.69) is 5.32 Å². The summed E-state index contributed by atoms with van der Waals surface area (Å²) in [6.07, 6.45) is 0. The lowest BCUT2D eigenvalue weighted by Crippen LogP contribution is -2.25. The van der Waals surface area contributed by atoms with Gasteiger partial charge in [-0.15, -0.1) is 0 Å². The number of carboxylic acids is 1. The molecule has 19 heavy (non-hydrogen) atoms. The van der Waals surface area contributed by atoms with E-state index in [0.29, 0.717) is 11.3 Å². The molecule has 0 aliphatic rings. The van der Waals surface area contributed by atoms with Gasteiger partial charge in [-0.2, -0.15) is 11.8 Å². The molecule has 0 aromatic heterocycles. The summed E-state index contributed by atoms with van der Waals surface area (Å²) in [6, 6.07) is 6.23. The summed E-state index contributed by atoms with van der Waals surface area (Å²) in [5.74, 6) is -1.39. The monoisotopic (exact) mass is 285 g/mol. The van der Waals surface area contributed by atoms with Gasteiger partial charge in [0.1, 0.15) is 5.82 Å². The van der Waals surface area contributed by atoms with E-state index in [1.165, 1.54) is 17.8 Å². The van der Waals surface area contributed by atoms with E-state index in [4.69, 9.17) is 5.11 Å². The van der Waals surface area contributed by atoms with Crippen molar-refractivity contribution in [3.63, 3.8) is 0 Å². The maximum atomic E-state index is 13.3. The third-order valence-electron chi connectivity index (χ3n) is 2.46. The van der Waals surface area contributed by atoms with E-state index in [1.54, 1.807) is 25.1 Å². The van der Waals surface area contributed by atoms with Crippen LogP contribution in [0.1, 0.15) is 12.5 Å². The van der Waals surface area contributed by atoms with E-state index in [9.17, 15) is 14.0 Å². The third-order valence-corrected chi connectivity index (χ3v) is 3.66. The first-order valence-corrected chi connectivity index (χ1v) is 6.97. The Balaban J connectivity index is 2.25. The first-order valence-electron chi connectivity index (χ1n) is 5.81. The molecule has 0 saturated heterocycles. The van der Waals surface area contributed by atoms with Gasteiger partial charge < -0.3 is 10.4 Å². The molecule has 1 unspecified atom stereocenters. The van der Waals surface area contributed by atoms with Crippen LogP contribution in [0.5, 0.6) is 0 Å². The highest BCUT2D eigenvalue weighted by atomic mass is 32.2. The fourth-order valence-electron chi connectivity index (χ4n) is 1.29. The largest absolute Gasteiger partial charge is 0.481 e. The van der Waals surface area contributed by atoms with Gasteiger partial charge in [0.25, 0.3) is 0 Å². The van der Waals surface area contributed by atoms with Gasteiger partial charge in [-0.25, -0.2) is 4.39 Å². The van der Waals surface area contributed by atoms with Gasteiger partial charge in [0.05, 0.1) is 11.7 Å². The fraction of sp³-hybridized carbons (Fsp3) is 0.385. The van der Waals surface area contributed by atoms with Gasteiger partial charge in [-0.05, 0) is 6.07 Å². The topological polar surface area (TPSA) is 66.4 Å². The molecule has 0 heterocycles. The van der Waals surface area contributed by atoms with Crippen LogP contribution in [0.4, 0.5) is 4.39 Å². The van der Waals surface area contributed by atoms with Crippen molar-refractivity contribution in [3.05, 3.63) is 35.6 Å². The Morgan fingerprint density at radius 1 is 1.42 bits per heavy atom. The minimum Gasteiger partial charge on any atom is -0.481 e. The Morgan fingerprint density at radius 3 is 2.74 bits per heavy atom. The van der Waals surface area contributed by atoms with E-state index in [1.807, 2.05) is 0 Å². The van der Waals surface area contributed by atoms with Crippen molar-refractivity contribution < 1.29 is 19.1 Å². The summed E-state index contributed by atoms with van der Waals surface area (Å²) in [7, 11) is 0. The molecule has 1 rings (SSSR count). The van der Waals surface area contributed by atoms with Crippen molar-refractivity contribution >= 4 is 23.6 Å². The molecule has 1 aromatic carbocycles. The Bertz CT molecular complexity index is 453. The molecule has 0 saturated carbocycles. The molecule has 1 aromatic rings. The summed E-state index contributed by atoms with van der Waals surface area (Å²) in [5.41, 5.74) is 0.430. The van der Waals surface area contributed by atoms with Crippen LogP contribution in [0.15, 0.2) is 24.3 Å². The molecule has 0 radical (unpaired) electrons. The highest BCUT2D eigenvalue weighted by molar-refractivity contribution is 7.99. The van der Waals surface area contributed by atoms with Crippen LogP contribution in [-0.4, -0.2) is 28.5 Å². The molecule has 0 aliphatic carbocycles. The highest BCUT2D eigenvalue weighted by Gasteiger charge is 2.11. The van der Waals surface area contributed by atoms with Crippen molar-refractivity contribution in [3.8, 4) is 0 Å². The summed E-state index contributed by atoms with van der Waals surface area (Å²) in [4.78, 5) is 22.0. The number of amides is 1. The Morgan fingerprint density at radius 2 is 2.11 bits per heavy atom. The van der Waals surface area contributed by atoms with E-state index < -0.39 is 11.9 Å². The summed E-state index contributed by atoms with van der Waals surface area (Å²) < 4.78 is 13.3. The fourth-order valence-corrected chi connectivity index (χ4v) is 2.19. The molecule has 1 atom stereocenters. The molecule has 4 nitrogen and oxygen atoms in total. The number of halogens is 1. The van der Waals surface area contributed by atoms with Crippen molar-refractivity contribution in [1.82, 2.24) is 5.32 Å². The number of rotatable bonds is 7. The average molecular weight is 285 g/mol. The van der Waals surface area contributed by atoms with Crippen LogP contribution in [0.2, 0.25) is 0 Å². The lowest BCUT2D eigenvalue weighted by molar-refractivity contribution is -0.140. The lowest BCUT2D eigenvalue weighted by Gasteiger charge is -2.07. The number of hydrogen-bond acceptors (Lipinski definition) is 3. The quantitative estimate of drug-likeness (QED) is 0.803. The van der Waals surface area contributed by atoms with Gasteiger partial charge in [0.15, 0.2) is 0 Å². The second-order valence-corrected chi connectivity index (χ2v) is 5.15. The van der Waals surface area contributed by atoms with E-state index in [0.717, 1.165) is 0 Å². The molecule has 2 N–H and O–H groups in total. The Kier molecular flexibility index (Phi) is 6.35. The predicted octanol–water partition coefficient (Wildman–Crippen LogP) is 1.90. The number of hydrogen-bond donors (Lipinski definition) is 2. The zero-order valence-corrected chi connectivity index (χ0v) is 11.4. The first-order chi connectivity index (χ1) is 9.00. The van der Waals surface area contributed by atoms with Crippen LogP contribution in [0, 0.1) is 11.7 Å². The van der Waals surface area contributed by atoms with Gasteiger partial charge in [-0.1, -0.05) is 25.1 Å². The van der Waals surface area contributed by atoms with Crippen LogP contribution in [-0.2, 0) is 16.1 Å². The van der Waals surface area contributed by atoms with Crippen LogP contribution < -0.4 is 5.32 Å². The number of carbonyl (C=O) groups excluding carboxylic acids is 1. The van der Waals surface area contributed by atoms with Crippen LogP contribution in [0.3, 0.4) is 0 Å². The van der Waals surface area contributed by atoms with Crippen LogP contribution in [0.25, 0.3) is 0 Å². The van der Waals surface area contributed by atoms with Gasteiger partial charge in [0, 0.05) is 17.9 Å². The van der Waals surface area contributed by atoms with Crippen LogP contribution >= 0.6 is 11.8 Å². The molecule has 0 fully saturated rings. The smallest absolute Gasteiger partial charge is 0.307 e. The second-order valence-electron chi connectivity index (χ2n) is 4.12. The zero-order chi connectivity index (χ0) is 14.3. The van der Waals surface area contributed by atoms with Gasteiger partial charge in [0.2, 0.25) is 5.91 Å². The molecule has 0 bridgehead atoms. The zero-order valence-electron chi connectivity index (χ0n) is 10.6. The summed E-state index contributed by atoms with van der Waals surface area (Å²) in [6.45, 7) is 1.73. The highest BCUT2D eigenvalue weighted by Crippen LogP contribution is 2.09. The van der Waals surface area contributed by atoms with E-state index >= 15 is 0 Å². The Hall–Kier alpha value is -1.56. The SMILES string of the molecule is CC(CSCC(=O)NCc1ccccc1F)C(=O)O. The maximum absolute atomic E-state index is 13.3. The molecule has 0 spiro atoms. The normalized spacial score (nSPS) is 11.9. The minimum atomic E-state index is -0.876. The maximum Gasteiger partial charge on any atom is 0.307 e. The number of benzene rings is 1. The van der Waals surface area contributed by atoms with Crippen molar-refractivity contribution in [2.75, 3.05) is 11.5 Å². The third kappa shape index (κ3) is 5.74. The standard InChI is InChI=1S/C13H16FNO3S/c1-9(13(17)18)7-19-8-12(16)15-6-10-4-2-3-5-11(10)14/h2-5,9H,6-8H2,1H3,(H,15,16)(H,17,18). The molecule has 104 valence electrons. The predicted molar refractivity (Wildman–Crippen MR) is 72.4 cm³/mol. The van der Waals surface area contributed by atoms with Crippen molar-refractivity contribution in [1.29, 1.82) is 0 Å². The Labute approximate surface area is 115 Å². The number of thioether (sulfide) groups is 1. The number of aliphatic carboxylic acids is 1. The van der Waals surface area contributed by atoms with E-state index in [-0.39, 0.29) is 24.0 Å². The molecule has 1 amide bonds. The summed E-state index contributed by atoms with van der Waals surface area (Å²) in [5, 5.41) is 11.3. The van der Waals surface area contributed by atoms with Crippen molar-refractivity contribution in [2.45, 2.75) is 13.5 Å². The number of nitrogens with one attached hydrogen (secondary N) is 1. The van der Waals surface area contributed by atoms with Gasteiger partial charge in [-0.3, -0.25) is 9.59 Å². The molecule has 6 heteroatoms. The number of carbonyl (C=O) groups is 2. The molecular weight excluding hydrogens is 269 g/mol. The van der Waals surface area contributed by atoms with Gasteiger partial charge >= 0.3 is 5.97 Å². The first kappa shape index (κ1) is 15.5. The number of carboxylic acid groups (broad SMARTS) is 1.